The summed E-state index contributed by atoms with van der Waals surface area (Å²) in [6.45, 7) is 9.03. The molecule has 5 N–H and O–H groups in total. The molecule has 76 heavy (non-hydrogen) atoms. The van der Waals surface area contributed by atoms with Gasteiger partial charge in [-0.2, -0.15) is 0 Å². The number of nitrogens with zero attached hydrogens (tertiary/aromatic N) is 4. The molecule has 4 heterocycles. The molecular formula is C57H62FN9O8S. The molecule has 9 rings (SSSR count). The number of carbonyl (C=O) groups is 6. The summed E-state index contributed by atoms with van der Waals surface area (Å²) in [4.78, 5) is 94.7. The Hall–Kier alpha value is -7.93. The van der Waals surface area contributed by atoms with Gasteiger partial charge < -0.3 is 45.9 Å². The van der Waals surface area contributed by atoms with Crippen LogP contribution in [0.3, 0.4) is 0 Å². The number of rotatable bonds is 17. The Kier molecular flexibility index (Phi) is 15.7. The van der Waals surface area contributed by atoms with Crippen molar-refractivity contribution >= 4 is 74.7 Å². The number of pyridine rings is 1. The number of carbonyl (C=O) groups excluding carboxylic acids is 6. The molecule has 17 nitrogen and oxygen atoms in total. The quantitative estimate of drug-likeness (QED) is 0.0550. The van der Waals surface area contributed by atoms with Crippen molar-refractivity contribution in [2.24, 2.45) is 16.7 Å². The number of nitrogens with one attached hydrogen (secondary N) is 5. The number of ether oxygens (including phenoxy) is 2. The second-order valence-electron chi connectivity index (χ2n) is 20.7. The number of hydrogen-bond acceptors (Lipinski definition) is 12. The molecule has 6 amide bonds. The lowest BCUT2D eigenvalue weighted by atomic mass is 9.85. The van der Waals surface area contributed by atoms with Crippen LogP contribution in [0.1, 0.15) is 70.6 Å². The van der Waals surface area contributed by atoms with Crippen LogP contribution >= 0.6 is 11.3 Å². The zero-order chi connectivity index (χ0) is 53.7. The van der Waals surface area contributed by atoms with Gasteiger partial charge in [0.05, 0.1) is 40.9 Å². The van der Waals surface area contributed by atoms with E-state index in [9.17, 15) is 33.2 Å². The third kappa shape index (κ3) is 11.9. The van der Waals surface area contributed by atoms with E-state index < -0.39 is 46.5 Å². The average molecular weight is 1050 g/mol. The van der Waals surface area contributed by atoms with E-state index in [1.807, 2.05) is 69.6 Å². The van der Waals surface area contributed by atoms with E-state index in [-0.39, 0.29) is 30.2 Å². The van der Waals surface area contributed by atoms with Crippen molar-refractivity contribution < 1.29 is 42.6 Å². The Balaban J connectivity index is 0.747. The highest BCUT2D eigenvalue weighted by Crippen LogP contribution is 2.48. The van der Waals surface area contributed by atoms with Gasteiger partial charge in [0.2, 0.25) is 35.4 Å². The van der Waals surface area contributed by atoms with Gasteiger partial charge in [-0.05, 0) is 129 Å². The first-order chi connectivity index (χ1) is 36.5. The van der Waals surface area contributed by atoms with Crippen LogP contribution in [-0.4, -0.2) is 95.7 Å². The minimum Gasteiger partial charge on any atom is -0.495 e. The number of methoxy groups -OCH3 is 1. The lowest BCUT2D eigenvalue weighted by molar-refractivity contribution is -0.143. The highest BCUT2D eigenvalue weighted by molar-refractivity contribution is 7.13. The molecule has 19 heteroatoms. The fourth-order valence-corrected chi connectivity index (χ4v) is 10.6. The number of aromatic nitrogens is 2. The molecule has 6 aromatic rings. The Morgan fingerprint density at radius 1 is 0.803 bits per heavy atom. The topological polar surface area (TPSA) is 213 Å². The van der Waals surface area contributed by atoms with Gasteiger partial charge in [-0.1, -0.05) is 45.0 Å². The van der Waals surface area contributed by atoms with Crippen molar-refractivity contribution in [2.45, 2.75) is 84.8 Å². The zero-order valence-corrected chi connectivity index (χ0v) is 44.0. The van der Waals surface area contributed by atoms with E-state index in [2.05, 4.69) is 41.5 Å². The summed E-state index contributed by atoms with van der Waals surface area (Å²) in [7, 11) is 1.59. The van der Waals surface area contributed by atoms with Crippen LogP contribution in [0.25, 0.3) is 21.3 Å². The predicted octanol–water partition coefficient (Wildman–Crippen LogP) is 8.14. The number of aryl methyl sites for hydroxylation is 1. The molecule has 0 spiro atoms. The molecule has 396 valence electrons. The maximum Gasteiger partial charge on any atom is 0.246 e. The Bertz CT molecular complexity index is 3130. The third-order valence-corrected chi connectivity index (χ3v) is 15.4. The molecule has 1 aliphatic carbocycles. The third-order valence-electron chi connectivity index (χ3n) is 14.4. The van der Waals surface area contributed by atoms with Gasteiger partial charge in [-0.15, -0.1) is 11.3 Å². The summed E-state index contributed by atoms with van der Waals surface area (Å²) < 4.78 is 25.5. The summed E-state index contributed by atoms with van der Waals surface area (Å²) in [5.74, 6) is -1.35. The molecule has 2 aromatic heterocycles. The van der Waals surface area contributed by atoms with Crippen LogP contribution in [0.4, 0.5) is 21.5 Å². The van der Waals surface area contributed by atoms with Crippen LogP contribution in [0.15, 0.2) is 103 Å². The number of anilines is 3. The van der Waals surface area contributed by atoms with Gasteiger partial charge in [-0.3, -0.25) is 33.8 Å². The largest absolute Gasteiger partial charge is 0.495 e. The Morgan fingerprint density at radius 3 is 2.09 bits per heavy atom. The second kappa shape index (κ2) is 22.5. The van der Waals surface area contributed by atoms with E-state index in [1.54, 1.807) is 59.9 Å². The molecule has 3 fully saturated rings. The summed E-state index contributed by atoms with van der Waals surface area (Å²) in [5.41, 5.74) is 5.26. The van der Waals surface area contributed by atoms with Gasteiger partial charge in [0.25, 0.3) is 0 Å². The number of thiazole rings is 1. The van der Waals surface area contributed by atoms with Crippen molar-refractivity contribution in [3.05, 3.63) is 120 Å². The van der Waals surface area contributed by atoms with Crippen LogP contribution in [-0.2, 0) is 35.3 Å². The molecule has 3 aliphatic rings. The fraction of sp³-hybridized carbons (Fsp3) is 0.368. The molecular weight excluding hydrogens is 990 g/mol. The maximum atomic E-state index is 14.1. The molecule has 1 saturated carbocycles. The number of amides is 6. The Morgan fingerprint density at radius 2 is 1.47 bits per heavy atom. The highest BCUT2D eigenvalue weighted by Gasteiger charge is 2.56. The lowest BCUT2D eigenvalue weighted by Gasteiger charge is -2.35. The highest BCUT2D eigenvalue weighted by atomic mass is 32.1. The number of fused-ring (bicyclic) bond motifs is 1. The summed E-state index contributed by atoms with van der Waals surface area (Å²) in [6.07, 6.45) is 4.65. The van der Waals surface area contributed by atoms with E-state index in [0.29, 0.717) is 104 Å². The van der Waals surface area contributed by atoms with Gasteiger partial charge in [-0.25, -0.2) is 9.37 Å². The minimum atomic E-state index is -1.20. The number of piperidine rings is 1. The Labute approximate surface area is 444 Å². The zero-order valence-electron chi connectivity index (χ0n) is 43.2. The molecule has 0 unspecified atom stereocenters. The standard InChI is InChI=1S/C57H62FN9O8S/c1-34-49(76-33-62-34)36-10-8-35(9-11-36)31-60-52(70)44-7-6-26-67(44)53(71)50(56(2,3)4)65-48(68)32-61-51(69)37-21-27-66(28-22-37)45-30-43-42(29-47(45)74-5)46(20-25-59-43)75-41-18-16-40(17-19-41)64-55(73)57(23-24-57)54(72)63-39-14-12-38(58)13-15-39/h8-20,25,29-30,33,37,44,50H,6-7,21-24,26-28,31-32H2,1-5H3,(H,60,70)(H,61,69)(H,63,72)(H,64,73)(H,65,68)/t44-,50+/m0/s1. The molecule has 0 bridgehead atoms. The molecule has 2 atom stereocenters. The average Bonchev–Trinajstić information content (AvgIpc) is 3.97. The van der Waals surface area contributed by atoms with Crippen molar-refractivity contribution in [3.8, 4) is 27.7 Å². The SMILES string of the molecule is COc1cc2c(Oc3ccc(NC(=O)C4(C(=O)Nc5ccc(F)cc5)CC4)cc3)ccnc2cc1N1CCC(C(=O)NCC(=O)N[C@H](C(=O)N2CCC[C@H]2C(=O)NCc2ccc(-c3scnc3C)cc2)C(C)(C)C)CC1. The van der Waals surface area contributed by atoms with E-state index in [1.165, 1.54) is 24.3 Å². The number of halogens is 1. The molecule has 0 radical (unpaired) electrons. The summed E-state index contributed by atoms with van der Waals surface area (Å²) in [5, 5.41) is 14.9. The van der Waals surface area contributed by atoms with Crippen molar-refractivity contribution in [1.82, 2.24) is 30.8 Å². The van der Waals surface area contributed by atoms with Crippen LogP contribution in [0.2, 0.25) is 0 Å². The van der Waals surface area contributed by atoms with E-state index in [0.717, 1.165) is 27.4 Å². The number of likely N-dealkylation sites (tertiary alicyclic amines) is 1. The van der Waals surface area contributed by atoms with E-state index in [4.69, 9.17) is 9.47 Å². The van der Waals surface area contributed by atoms with Crippen molar-refractivity contribution in [1.29, 1.82) is 0 Å². The van der Waals surface area contributed by atoms with Gasteiger partial charge in [0.15, 0.2) is 0 Å². The smallest absolute Gasteiger partial charge is 0.246 e. The fourth-order valence-electron chi connectivity index (χ4n) is 9.77. The first kappa shape index (κ1) is 52.9. The monoisotopic (exact) mass is 1050 g/mol. The van der Waals surface area contributed by atoms with Crippen LogP contribution in [0.5, 0.6) is 17.2 Å². The normalized spacial score (nSPS) is 16.6. The molecule has 2 saturated heterocycles. The predicted molar refractivity (Wildman–Crippen MR) is 288 cm³/mol. The first-order valence-electron chi connectivity index (χ1n) is 25.5. The van der Waals surface area contributed by atoms with Crippen LogP contribution in [0, 0.1) is 29.5 Å². The summed E-state index contributed by atoms with van der Waals surface area (Å²) in [6, 6.07) is 24.1. The summed E-state index contributed by atoms with van der Waals surface area (Å²) >= 11 is 1.58. The van der Waals surface area contributed by atoms with Gasteiger partial charge in [0.1, 0.15) is 40.6 Å². The van der Waals surface area contributed by atoms with Gasteiger partial charge in [0, 0.05) is 55.1 Å². The first-order valence-corrected chi connectivity index (χ1v) is 26.4. The van der Waals surface area contributed by atoms with E-state index >= 15 is 0 Å². The van der Waals surface area contributed by atoms with Crippen molar-refractivity contribution in [3.63, 3.8) is 0 Å². The molecule has 2 aliphatic heterocycles. The van der Waals surface area contributed by atoms with Gasteiger partial charge >= 0.3 is 0 Å². The van der Waals surface area contributed by atoms with Crippen molar-refractivity contribution in [2.75, 3.05) is 48.8 Å². The lowest BCUT2D eigenvalue weighted by Crippen LogP contribution is -2.58. The minimum absolute atomic E-state index is 0.245. The number of hydrogen-bond donors (Lipinski definition) is 5. The molecule has 4 aromatic carbocycles. The second-order valence-corrected chi connectivity index (χ2v) is 21.5. The maximum absolute atomic E-state index is 14.1. The number of benzene rings is 4. The van der Waals surface area contributed by atoms with Crippen LogP contribution < -0.4 is 41.0 Å².